The number of nitrogens with one attached hydrogen (secondary N) is 1. The van der Waals surface area contributed by atoms with Gasteiger partial charge in [-0.3, -0.25) is 4.68 Å². The van der Waals surface area contributed by atoms with Crippen LogP contribution >= 0.6 is 0 Å². The number of hydrogen-bond acceptors (Lipinski definition) is 3. The lowest BCUT2D eigenvalue weighted by atomic mass is 9.96. The minimum absolute atomic E-state index is 0.255. The molecule has 2 rings (SSSR count). The first-order chi connectivity index (χ1) is 8.79. The van der Waals surface area contributed by atoms with Crippen LogP contribution in [0.15, 0.2) is 12.3 Å². The highest BCUT2D eigenvalue weighted by atomic mass is 16.5. The predicted octanol–water partition coefficient (Wildman–Crippen LogP) is 2.51. The fourth-order valence-corrected chi connectivity index (χ4v) is 2.51. The zero-order chi connectivity index (χ0) is 12.8. The van der Waals surface area contributed by atoms with Gasteiger partial charge in [-0.25, -0.2) is 0 Å². The van der Waals surface area contributed by atoms with E-state index in [-0.39, 0.29) is 6.10 Å². The van der Waals surface area contributed by atoms with Gasteiger partial charge in [0.05, 0.1) is 17.8 Å². The van der Waals surface area contributed by atoms with E-state index in [4.69, 9.17) is 4.74 Å². The molecule has 102 valence electrons. The molecule has 1 fully saturated rings. The van der Waals surface area contributed by atoms with Crippen LogP contribution < -0.4 is 5.32 Å². The summed E-state index contributed by atoms with van der Waals surface area (Å²) in [6.07, 6.45) is 9.05. The van der Waals surface area contributed by atoms with E-state index in [1.165, 1.54) is 32.1 Å². The summed E-state index contributed by atoms with van der Waals surface area (Å²) >= 11 is 0. The molecule has 4 heteroatoms. The lowest BCUT2D eigenvalue weighted by Gasteiger charge is -2.21. The molecule has 1 aliphatic carbocycles. The molecule has 0 radical (unpaired) electrons. The zero-order valence-corrected chi connectivity index (χ0v) is 11.6. The fourth-order valence-electron chi connectivity index (χ4n) is 2.51. The normalized spacial score (nSPS) is 19.0. The van der Waals surface area contributed by atoms with Crippen molar-refractivity contribution in [2.45, 2.75) is 57.7 Å². The van der Waals surface area contributed by atoms with Gasteiger partial charge in [0.25, 0.3) is 0 Å². The Bertz CT molecular complexity index is 345. The Morgan fingerprint density at radius 2 is 2.22 bits per heavy atom. The maximum absolute atomic E-state index is 5.20. The van der Waals surface area contributed by atoms with Crippen molar-refractivity contribution >= 4 is 0 Å². The molecule has 18 heavy (non-hydrogen) atoms. The van der Waals surface area contributed by atoms with Crippen LogP contribution in [-0.2, 0) is 11.3 Å². The van der Waals surface area contributed by atoms with Crippen molar-refractivity contribution in [2.24, 2.45) is 0 Å². The second kappa shape index (κ2) is 6.90. The molecule has 0 saturated heterocycles. The van der Waals surface area contributed by atoms with Gasteiger partial charge in [-0.05, 0) is 25.8 Å². The Kier molecular flexibility index (Phi) is 5.20. The van der Waals surface area contributed by atoms with Crippen LogP contribution in [0.3, 0.4) is 0 Å². The van der Waals surface area contributed by atoms with Crippen molar-refractivity contribution in [3.63, 3.8) is 0 Å². The van der Waals surface area contributed by atoms with Crippen LogP contribution in [0.1, 0.15) is 50.8 Å². The second-order valence-corrected chi connectivity index (χ2v) is 5.26. The first-order valence-electron chi connectivity index (χ1n) is 7.07. The Morgan fingerprint density at radius 1 is 1.44 bits per heavy atom. The smallest absolute Gasteiger partial charge is 0.0762 e. The monoisotopic (exact) mass is 251 g/mol. The first-order valence-corrected chi connectivity index (χ1v) is 7.07. The molecule has 4 nitrogen and oxygen atoms in total. The molecule has 1 heterocycles. The Hall–Kier alpha value is -0.870. The Balaban J connectivity index is 1.78. The lowest BCUT2D eigenvalue weighted by Crippen LogP contribution is -2.25. The van der Waals surface area contributed by atoms with Gasteiger partial charge in [0.15, 0.2) is 0 Å². The number of methoxy groups -OCH3 is 1. The van der Waals surface area contributed by atoms with Gasteiger partial charge >= 0.3 is 0 Å². The van der Waals surface area contributed by atoms with E-state index >= 15 is 0 Å². The van der Waals surface area contributed by atoms with Gasteiger partial charge < -0.3 is 10.1 Å². The number of hydrogen-bond donors (Lipinski definition) is 1. The van der Waals surface area contributed by atoms with Gasteiger partial charge in [0, 0.05) is 26.4 Å². The third kappa shape index (κ3) is 3.82. The number of nitrogens with zero attached hydrogens (tertiary/aromatic N) is 2. The SMILES string of the molecule is COC(C)CNCc1ccn(C2CCCCC2)n1. The molecule has 0 bridgehead atoms. The summed E-state index contributed by atoms with van der Waals surface area (Å²) in [6.45, 7) is 3.76. The van der Waals surface area contributed by atoms with Crippen molar-refractivity contribution in [1.29, 1.82) is 0 Å². The third-order valence-electron chi connectivity index (χ3n) is 3.75. The van der Waals surface area contributed by atoms with E-state index in [0.717, 1.165) is 18.8 Å². The molecule has 0 spiro atoms. The van der Waals surface area contributed by atoms with Crippen LogP contribution in [0, 0.1) is 0 Å². The van der Waals surface area contributed by atoms with Gasteiger partial charge in [-0.15, -0.1) is 0 Å². The Morgan fingerprint density at radius 3 is 2.94 bits per heavy atom. The maximum atomic E-state index is 5.20. The summed E-state index contributed by atoms with van der Waals surface area (Å²) in [5, 5.41) is 8.04. The maximum Gasteiger partial charge on any atom is 0.0762 e. The van der Waals surface area contributed by atoms with Crippen LogP contribution in [-0.4, -0.2) is 29.5 Å². The molecule has 0 aromatic carbocycles. The first kappa shape index (κ1) is 13.6. The molecule has 1 aromatic rings. The quantitative estimate of drug-likeness (QED) is 0.844. The lowest BCUT2D eigenvalue weighted by molar-refractivity contribution is 0.117. The fraction of sp³-hybridized carbons (Fsp3) is 0.786. The van der Waals surface area contributed by atoms with E-state index in [9.17, 15) is 0 Å². The molecule has 1 unspecified atom stereocenters. The molecule has 0 aliphatic heterocycles. The summed E-state index contributed by atoms with van der Waals surface area (Å²) in [5.74, 6) is 0. The van der Waals surface area contributed by atoms with Crippen LogP contribution in [0.25, 0.3) is 0 Å². The average Bonchev–Trinajstić information content (AvgIpc) is 2.88. The van der Waals surface area contributed by atoms with E-state index < -0.39 is 0 Å². The molecule has 1 saturated carbocycles. The summed E-state index contributed by atoms with van der Waals surface area (Å²) in [4.78, 5) is 0. The second-order valence-electron chi connectivity index (χ2n) is 5.26. The van der Waals surface area contributed by atoms with Gasteiger partial charge in [0.1, 0.15) is 0 Å². The van der Waals surface area contributed by atoms with E-state index in [1.807, 2.05) is 0 Å². The molecular weight excluding hydrogens is 226 g/mol. The van der Waals surface area contributed by atoms with Crippen LogP contribution in [0.2, 0.25) is 0 Å². The van der Waals surface area contributed by atoms with Crippen molar-refractivity contribution < 1.29 is 4.74 Å². The average molecular weight is 251 g/mol. The summed E-state index contributed by atoms with van der Waals surface area (Å²) < 4.78 is 7.36. The van der Waals surface area contributed by atoms with E-state index in [0.29, 0.717) is 6.04 Å². The highest BCUT2D eigenvalue weighted by molar-refractivity contribution is 4.99. The van der Waals surface area contributed by atoms with Crippen molar-refractivity contribution in [2.75, 3.05) is 13.7 Å². The summed E-state index contributed by atoms with van der Waals surface area (Å²) in [5.41, 5.74) is 1.13. The van der Waals surface area contributed by atoms with Gasteiger partial charge in [-0.1, -0.05) is 19.3 Å². The molecule has 1 N–H and O–H groups in total. The molecule has 1 aromatic heterocycles. The summed E-state index contributed by atoms with van der Waals surface area (Å²) in [6, 6.07) is 2.75. The number of ether oxygens (including phenoxy) is 1. The largest absolute Gasteiger partial charge is 0.380 e. The molecule has 1 atom stereocenters. The van der Waals surface area contributed by atoms with Crippen LogP contribution in [0.4, 0.5) is 0 Å². The van der Waals surface area contributed by atoms with Crippen molar-refractivity contribution in [3.05, 3.63) is 18.0 Å². The Labute approximate surface area is 110 Å². The van der Waals surface area contributed by atoms with Gasteiger partial charge in [0.2, 0.25) is 0 Å². The number of rotatable bonds is 6. The van der Waals surface area contributed by atoms with Gasteiger partial charge in [-0.2, -0.15) is 5.10 Å². The molecule has 1 aliphatic rings. The number of aromatic nitrogens is 2. The zero-order valence-electron chi connectivity index (χ0n) is 11.6. The van der Waals surface area contributed by atoms with Crippen molar-refractivity contribution in [3.8, 4) is 0 Å². The highest BCUT2D eigenvalue weighted by Crippen LogP contribution is 2.27. The van der Waals surface area contributed by atoms with Crippen LogP contribution in [0.5, 0.6) is 0 Å². The highest BCUT2D eigenvalue weighted by Gasteiger charge is 2.15. The standard InChI is InChI=1S/C14H25N3O/c1-12(18-2)10-15-11-13-8-9-17(16-13)14-6-4-3-5-7-14/h8-9,12,14-15H,3-7,10-11H2,1-2H3. The molecular formula is C14H25N3O. The minimum atomic E-state index is 0.255. The minimum Gasteiger partial charge on any atom is -0.380 e. The van der Waals surface area contributed by atoms with E-state index in [2.05, 4.69) is 34.3 Å². The predicted molar refractivity (Wildman–Crippen MR) is 72.5 cm³/mol. The van der Waals surface area contributed by atoms with E-state index in [1.54, 1.807) is 7.11 Å². The molecule has 0 amide bonds. The third-order valence-corrected chi connectivity index (χ3v) is 3.75. The topological polar surface area (TPSA) is 39.1 Å². The summed E-state index contributed by atoms with van der Waals surface area (Å²) in [7, 11) is 1.74. The van der Waals surface area contributed by atoms with Crippen molar-refractivity contribution in [1.82, 2.24) is 15.1 Å².